The maximum absolute atomic E-state index is 12.5. The molecule has 6 nitrogen and oxygen atoms in total. The number of hydrogen-bond acceptors (Lipinski definition) is 4. The first-order valence-electron chi connectivity index (χ1n) is 8.81. The fourth-order valence-corrected chi connectivity index (χ4v) is 3.04. The number of amides is 2. The van der Waals surface area contributed by atoms with Gasteiger partial charge in [0.05, 0.1) is 29.3 Å². The van der Waals surface area contributed by atoms with E-state index in [1.807, 2.05) is 20.8 Å². The van der Waals surface area contributed by atoms with E-state index < -0.39 is 12.0 Å². The summed E-state index contributed by atoms with van der Waals surface area (Å²) in [5.41, 5.74) is 1.68. The molecule has 0 saturated carbocycles. The Hall–Kier alpha value is -2.21. The van der Waals surface area contributed by atoms with Crippen LogP contribution in [0.1, 0.15) is 52.1 Å². The summed E-state index contributed by atoms with van der Waals surface area (Å²) in [7, 11) is 0. The quantitative estimate of drug-likeness (QED) is 0.698. The van der Waals surface area contributed by atoms with E-state index in [0.717, 1.165) is 6.42 Å². The topological polar surface area (TPSA) is 76.7 Å². The molecule has 2 rings (SSSR count). The number of carbonyl (C=O) groups is 2. The van der Waals surface area contributed by atoms with Crippen molar-refractivity contribution >= 4 is 23.6 Å². The van der Waals surface area contributed by atoms with E-state index in [4.69, 9.17) is 21.1 Å². The molecule has 1 unspecified atom stereocenters. The molecule has 1 aliphatic rings. The van der Waals surface area contributed by atoms with Crippen molar-refractivity contribution in [1.82, 2.24) is 10.6 Å². The van der Waals surface area contributed by atoms with Crippen molar-refractivity contribution in [2.45, 2.75) is 52.7 Å². The van der Waals surface area contributed by atoms with E-state index in [9.17, 15) is 9.59 Å². The Kier molecular flexibility index (Phi) is 6.91. The van der Waals surface area contributed by atoms with Gasteiger partial charge in [0.2, 0.25) is 0 Å². The molecule has 142 valence electrons. The summed E-state index contributed by atoms with van der Waals surface area (Å²) in [5, 5.41) is 5.94. The van der Waals surface area contributed by atoms with Crippen molar-refractivity contribution < 1.29 is 19.1 Å². The van der Waals surface area contributed by atoms with E-state index >= 15 is 0 Å². The smallest absolute Gasteiger partial charge is 0.338 e. The van der Waals surface area contributed by atoms with Crippen LogP contribution in [0, 0.1) is 0 Å². The number of ether oxygens (including phenoxy) is 2. The monoisotopic (exact) mass is 380 g/mol. The van der Waals surface area contributed by atoms with E-state index in [1.54, 1.807) is 25.1 Å². The Morgan fingerprint density at radius 2 is 2.04 bits per heavy atom. The fraction of sp³-hybridized carbons (Fsp3) is 0.474. The average Bonchev–Trinajstić information content (AvgIpc) is 2.56. The molecule has 0 fully saturated rings. The van der Waals surface area contributed by atoms with Crippen LogP contribution in [-0.2, 0) is 9.53 Å². The number of esters is 1. The number of rotatable bonds is 7. The van der Waals surface area contributed by atoms with Gasteiger partial charge in [-0.3, -0.25) is 0 Å². The number of carbonyl (C=O) groups excluding carboxylic acids is 2. The minimum absolute atomic E-state index is 0.0110. The molecule has 26 heavy (non-hydrogen) atoms. The minimum Gasteiger partial charge on any atom is -0.489 e. The van der Waals surface area contributed by atoms with Gasteiger partial charge in [0, 0.05) is 5.70 Å². The molecule has 1 aromatic rings. The van der Waals surface area contributed by atoms with Crippen LogP contribution in [0.2, 0.25) is 5.02 Å². The standard InChI is InChI=1S/C19H25ClN2O4/c1-5-7-14-16(18(23)25-6-2)17(22-19(24)21-14)12-8-9-15(13(20)10-12)26-11(3)4/h8-11,17H,5-7H2,1-4H3,(H2,21,22,24). The van der Waals surface area contributed by atoms with Crippen LogP contribution in [0.5, 0.6) is 5.75 Å². The molecule has 1 aromatic carbocycles. The maximum Gasteiger partial charge on any atom is 0.338 e. The molecule has 7 heteroatoms. The third-order valence-corrected chi connectivity index (χ3v) is 4.10. The summed E-state index contributed by atoms with van der Waals surface area (Å²) < 4.78 is 10.9. The van der Waals surface area contributed by atoms with Gasteiger partial charge in [0.1, 0.15) is 5.75 Å². The van der Waals surface area contributed by atoms with Crippen LogP contribution in [0.25, 0.3) is 0 Å². The van der Waals surface area contributed by atoms with Gasteiger partial charge in [-0.2, -0.15) is 0 Å². The Labute approximate surface area is 158 Å². The highest BCUT2D eigenvalue weighted by Gasteiger charge is 2.33. The SMILES string of the molecule is CCCC1=C(C(=O)OCC)C(c2ccc(OC(C)C)c(Cl)c2)NC(=O)N1. The van der Waals surface area contributed by atoms with E-state index in [1.165, 1.54) is 0 Å². The summed E-state index contributed by atoms with van der Waals surface area (Å²) in [5.74, 6) is 0.105. The molecular formula is C19H25ClN2O4. The minimum atomic E-state index is -0.630. The normalized spacial score (nSPS) is 17.0. The lowest BCUT2D eigenvalue weighted by atomic mass is 9.93. The van der Waals surface area contributed by atoms with Gasteiger partial charge in [-0.1, -0.05) is 31.0 Å². The highest BCUT2D eigenvalue weighted by molar-refractivity contribution is 6.32. The number of allylic oxidation sites excluding steroid dienone is 1. The molecule has 0 bridgehead atoms. The zero-order chi connectivity index (χ0) is 19.3. The lowest BCUT2D eigenvalue weighted by Gasteiger charge is -2.29. The molecule has 0 radical (unpaired) electrons. The molecule has 1 aliphatic heterocycles. The zero-order valence-corrected chi connectivity index (χ0v) is 16.3. The van der Waals surface area contributed by atoms with Crippen LogP contribution in [0.15, 0.2) is 29.5 Å². The summed E-state index contributed by atoms with van der Waals surface area (Å²) in [6, 6.07) is 4.26. The third-order valence-electron chi connectivity index (χ3n) is 3.80. The van der Waals surface area contributed by atoms with Crippen LogP contribution in [0.4, 0.5) is 4.79 Å². The van der Waals surface area contributed by atoms with Crippen LogP contribution in [-0.4, -0.2) is 24.7 Å². The first-order valence-corrected chi connectivity index (χ1v) is 9.18. The molecule has 0 aliphatic carbocycles. The van der Waals surface area contributed by atoms with E-state index in [-0.39, 0.29) is 18.7 Å². The van der Waals surface area contributed by atoms with Crippen molar-refractivity contribution in [2.75, 3.05) is 6.61 Å². The number of benzene rings is 1. The zero-order valence-electron chi connectivity index (χ0n) is 15.5. The molecule has 0 saturated heterocycles. The Balaban J connectivity index is 2.46. The lowest BCUT2D eigenvalue weighted by molar-refractivity contribution is -0.139. The third kappa shape index (κ3) is 4.69. The number of nitrogens with one attached hydrogen (secondary N) is 2. The van der Waals surface area contributed by atoms with Gasteiger partial charge in [0.25, 0.3) is 0 Å². The highest BCUT2D eigenvalue weighted by Crippen LogP contribution is 2.34. The molecular weight excluding hydrogens is 356 g/mol. The molecule has 2 N–H and O–H groups in total. The average molecular weight is 381 g/mol. The highest BCUT2D eigenvalue weighted by atomic mass is 35.5. The molecule has 0 aromatic heterocycles. The van der Waals surface area contributed by atoms with Crippen molar-refractivity contribution in [3.63, 3.8) is 0 Å². The number of hydrogen-bond donors (Lipinski definition) is 2. The van der Waals surface area contributed by atoms with Gasteiger partial charge in [-0.05, 0) is 44.9 Å². The second-order valence-electron chi connectivity index (χ2n) is 6.25. The number of halogens is 1. The number of urea groups is 1. The van der Waals surface area contributed by atoms with Gasteiger partial charge in [-0.25, -0.2) is 9.59 Å². The molecule has 1 heterocycles. The fourth-order valence-electron chi connectivity index (χ4n) is 2.81. The summed E-state index contributed by atoms with van der Waals surface area (Å²) in [4.78, 5) is 24.6. The predicted octanol–water partition coefficient (Wildman–Crippen LogP) is 4.10. The summed E-state index contributed by atoms with van der Waals surface area (Å²) in [6.45, 7) is 7.81. The van der Waals surface area contributed by atoms with Crippen molar-refractivity contribution in [3.05, 3.63) is 40.1 Å². The maximum atomic E-state index is 12.5. The second-order valence-corrected chi connectivity index (χ2v) is 6.66. The van der Waals surface area contributed by atoms with Crippen molar-refractivity contribution in [3.8, 4) is 5.75 Å². The van der Waals surface area contributed by atoms with Gasteiger partial charge >= 0.3 is 12.0 Å². The van der Waals surface area contributed by atoms with E-state index in [2.05, 4.69) is 10.6 Å². The lowest BCUT2D eigenvalue weighted by Crippen LogP contribution is -2.46. The Morgan fingerprint density at radius 3 is 2.62 bits per heavy atom. The summed E-state index contributed by atoms with van der Waals surface area (Å²) in [6.07, 6.45) is 1.34. The van der Waals surface area contributed by atoms with Crippen LogP contribution < -0.4 is 15.4 Å². The first kappa shape index (κ1) is 20.1. The Morgan fingerprint density at radius 1 is 1.31 bits per heavy atom. The molecule has 2 amide bonds. The summed E-state index contributed by atoms with van der Waals surface area (Å²) >= 11 is 6.33. The first-order chi connectivity index (χ1) is 12.4. The second kappa shape index (κ2) is 8.94. The molecule has 0 spiro atoms. The van der Waals surface area contributed by atoms with E-state index in [0.29, 0.717) is 34.0 Å². The Bertz CT molecular complexity index is 715. The largest absolute Gasteiger partial charge is 0.489 e. The van der Waals surface area contributed by atoms with Crippen molar-refractivity contribution in [1.29, 1.82) is 0 Å². The predicted molar refractivity (Wildman–Crippen MR) is 100 cm³/mol. The van der Waals surface area contributed by atoms with Gasteiger partial charge in [-0.15, -0.1) is 0 Å². The molecule has 1 atom stereocenters. The van der Waals surface area contributed by atoms with Crippen molar-refractivity contribution in [2.24, 2.45) is 0 Å². The van der Waals surface area contributed by atoms with Gasteiger partial charge in [0.15, 0.2) is 0 Å². The van der Waals surface area contributed by atoms with Crippen LogP contribution in [0.3, 0.4) is 0 Å². The van der Waals surface area contributed by atoms with Gasteiger partial charge < -0.3 is 20.1 Å². The van der Waals surface area contributed by atoms with Crippen LogP contribution >= 0.6 is 11.6 Å².